The van der Waals surface area contributed by atoms with Crippen molar-refractivity contribution in [3.63, 3.8) is 0 Å². The van der Waals surface area contributed by atoms with Gasteiger partial charge in [-0.1, -0.05) is 37.1 Å². The van der Waals surface area contributed by atoms with Crippen molar-refractivity contribution in [1.82, 2.24) is 10.6 Å². The maximum atomic E-state index is 13.0. The number of hydrogen-bond donors (Lipinski definition) is 2. The quantitative estimate of drug-likeness (QED) is 0.831. The average molecular weight is 330 g/mol. The lowest BCUT2D eigenvalue weighted by atomic mass is 9.90. The molecule has 0 bridgehead atoms. The molecule has 3 rings (SSSR count). The van der Waals surface area contributed by atoms with Gasteiger partial charge >= 0.3 is 0 Å². The molecule has 0 heterocycles. The lowest BCUT2D eigenvalue weighted by Gasteiger charge is -2.33. The van der Waals surface area contributed by atoms with Crippen molar-refractivity contribution in [1.29, 1.82) is 0 Å². The number of benzene rings is 2. The largest absolute Gasteiger partial charge is 0.308 e. The van der Waals surface area contributed by atoms with Crippen molar-refractivity contribution in [3.05, 3.63) is 71.3 Å². The molecule has 2 aromatic rings. The van der Waals surface area contributed by atoms with Gasteiger partial charge in [0.15, 0.2) is 0 Å². The molecule has 1 saturated carbocycles. The molecule has 1 aliphatic carbocycles. The Hall–Kier alpha value is -1.78. The first-order valence-corrected chi connectivity index (χ1v) is 8.66. The van der Waals surface area contributed by atoms with Crippen LogP contribution in [-0.4, -0.2) is 12.1 Å². The van der Waals surface area contributed by atoms with Gasteiger partial charge in [0.2, 0.25) is 0 Å². The highest BCUT2D eigenvalue weighted by Gasteiger charge is 2.24. The highest BCUT2D eigenvalue weighted by Crippen LogP contribution is 2.20. The van der Waals surface area contributed by atoms with Gasteiger partial charge in [-0.05, 0) is 48.2 Å². The van der Waals surface area contributed by atoms with Crippen molar-refractivity contribution >= 4 is 0 Å². The molecule has 24 heavy (non-hydrogen) atoms. The minimum atomic E-state index is -0.199. The summed E-state index contributed by atoms with van der Waals surface area (Å²) in [6.45, 7) is 1.50. The van der Waals surface area contributed by atoms with Gasteiger partial charge in [0, 0.05) is 25.2 Å². The summed E-state index contributed by atoms with van der Waals surface area (Å²) < 4.78 is 26.0. The molecule has 1 fully saturated rings. The molecule has 1 aliphatic rings. The first kappa shape index (κ1) is 17.1. The zero-order chi connectivity index (χ0) is 16.8. The smallest absolute Gasteiger partial charge is 0.123 e. The molecule has 2 nitrogen and oxygen atoms in total. The van der Waals surface area contributed by atoms with Crippen LogP contribution in [0.3, 0.4) is 0 Å². The van der Waals surface area contributed by atoms with Crippen molar-refractivity contribution in [2.24, 2.45) is 0 Å². The van der Waals surface area contributed by atoms with Gasteiger partial charge in [-0.25, -0.2) is 8.78 Å². The molecular weight excluding hydrogens is 306 g/mol. The molecule has 0 amide bonds. The second-order valence-corrected chi connectivity index (χ2v) is 6.51. The summed E-state index contributed by atoms with van der Waals surface area (Å²) in [7, 11) is 0. The second-order valence-electron chi connectivity index (χ2n) is 6.51. The molecule has 0 unspecified atom stereocenters. The molecule has 2 N–H and O–H groups in total. The van der Waals surface area contributed by atoms with Gasteiger partial charge in [-0.3, -0.25) is 0 Å². The van der Waals surface area contributed by atoms with E-state index in [4.69, 9.17) is 0 Å². The Kier molecular flexibility index (Phi) is 5.94. The Morgan fingerprint density at radius 1 is 0.667 bits per heavy atom. The van der Waals surface area contributed by atoms with E-state index in [0.29, 0.717) is 12.1 Å². The van der Waals surface area contributed by atoms with Crippen LogP contribution >= 0.6 is 0 Å². The minimum absolute atomic E-state index is 0.199. The predicted octanol–water partition coefficient (Wildman–Crippen LogP) is 4.16. The van der Waals surface area contributed by atoms with Crippen LogP contribution in [0.2, 0.25) is 0 Å². The van der Waals surface area contributed by atoms with Gasteiger partial charge in [0.05, 0.1) is 0 Å². The SMILES string of the molecule is Fc1ccc(CN[C@H]2CCCC[C@H]2NCc2ccc(F)cc2)cc1. The molecule has 0 aliphatic heterocycles. The zero-order valence-corrected chi connectivity index (χ0v) is 13.8. The second kappa shape index (κ2) is 8.36. The van der Waals surface area contributed by atoms with Gasteiger partial charge in [-0.15, -0.1) is 0 Å². The number of hydrogen-bond acceptors (Lipinski definition) is 2. The van der Waals surface area contributed by atoms with Gasteiger partial charge in [0.1, 0.15) is 11.6 Å². The van der Waals surface area contributed by atoms with Crippen LogP contribution in [-0.2, 0) is 13.1 Å². The van der Waals surface area contributed by atoms with E-state index in [1.54, 1.807) is 0 Å². The van der Waals surface area contributed by atoms with Crippen LogP contribution in [0.15, 0.2) is 48.5 Å². The third-order valence-corrected chi connectivity index (χ3v) is 4.73. The van der Waals surface area contributed by atoms with Gasteiger partial charge < -0.3 is 10.6 Å². The lowest BCUT2D eigenvalue weighted by Crippen LogP contribution is -2.49. The van der Waals surface area contributed by atoms with E-state index < -0.39 is 0 Å². The molecule has 2 atom stereocenters. The molecule has 4 heteroatoms. The summed E-state index contributed by atoms with van der Waals surface area (Å²) in [5, 5.41) is 7.22. The summed E-state index contributed by atoms with van der Waals surface area (Å²) in [4.78, 5) is 0. The van der Waals surface area contributed by atoms with Crippen LogP contribution in [0.1, 0.15) is 36.8 Å². The third kappa shape index (κ3) is 4.86. The zero-order valence-electron chi connectivity index (χ0n) is 13.8. The minimum Gasteiger partial charge on any atom is -0.308 e. The Morgan fingerprint density at radius 2 is 1.04 bits per heavy atom. The van der Waals surface area contributed by atoms with E-state index in [1.165, 1.54) is 37.1 Å². The van der Waals surface area contributed by atoms with Crippen molar-refractivity contribution < 1.29 is 8.78 Å². The number of nitrogens with one attached hydrogen (secondary N) is 2. The normalized spacial score (nSPS) is 20.9. The fraction of sp³-hybridized carbons (Fsp3) is 0.400. The van der Waals surface area contributed by atoms with E-state index >= 15 is 0 Å². The molecule has 0 saturated heterocycles. The molecule has 0 spiro atoms. The van der Waals surface area contributed by atoms with Crippen molar-refractivity contribution in [3.8, 4) is 0 Å². The van der Waals surface area contributed by atoms with Crippen LogP contribution < -0.4 is 10.6 Å². The Balaban J connectivity index is 1.52. The maximum Gasteiger partial charge on any atom is 0.123 e. The molecule has 0 radical (unpaired) electrons. The summed E-state index contributed by atoms with van der Waals surface area (Å²) in [5.74, 6) is -0.398. The first-order chi connectivity index (χ1) is 11.7. The van der Waals surface area contributed by atoms with Gasteiger partial charge in [-0.2, -0.15) is 0 Å². The summed E-state index contributed by atoms with van der Waals surface area (Å²) >= 11 is 0. The lowest BCUT2D eigenvalue weighted by molar-refractivity contribution is 0.281. The predicted molar refractivity (Wildman–Crippen MR) is 92.5 cm³/mol. The van der Waals surface area contributed by atoms with Crippen LogP contribution in [0.4, 0.5) is 8.78 Å². The highest BCUT2D eigenvalue weighted by molar-refractivity contribution is 5.17. The number of rotatable bonds is 6. The average Bonchev–Trinajstić information content (AvgIpc) is 2.61. The molecular formula is C20H24F2N2. The topological polar surface area (TPSA) is 24.1 Å². The molecule has 2 aromatic carbocycles. The van der Waals surface area contributed by atoms with Crippen molar-refractivity contribution in [2.75, 3.05) is 0 Å². The van der Waals surface area contributed by atoms with E-state index in [1.807, 2.05) is 24.3 Å². The van der Waals surface area contributed by atoms with Gasteiger partial charge in [0.25, 0.3) is 0 Å². The van der Waals surface area contributed by atoms with Crippen LogP contribution in [0.25, 0.3) is 0 Å². The monoisotopic (exact) mass is 330 g/mol. The Labute approximate surface area is 142 Å². The standard InChI is InChI=1S/C20H24F2N2/c21-17-9-5-15(6-10-17)13-23-19-3-1-2-4-20(19)24-14-16-7-11-18(22)12-8-16/h5-12,19-20,23-24H,1-4,13-14H2/t19-,20+. The first-order valence-electron chi connectivity index (χ1n) is 8.66. The fourth-order valence-corrected chi connectivity index (χ4v) is 3.32. The summed E-state index contributed by atoms with van der Waals surface area (Å²) in [6, 6.07) is 14.1. The Morgan fingerprint density at radius 3 is 1.42 bits per heavy atom. The molecule has 128 valence electrons. The molecule has 0 aromatic heterocycles. The maximum absolute atomic E-state index is 13.0. The van der Waals surface area contributed by atoms with Crippen LogP contribution in [0.5, 0.6) is 0 Å². The fourth-order valence-electron chi connectivity index (χ4n) is 3.32. The highest BCUT2D eigenvalue weighted by atomic mass is 19.1. The third-order valence-electron chi connectivity index (χ3n) is 4.73. The van der Waals surface area contributed by atoms with E-state index in [-0.39, 0.29) is 11.6 Å². The van der Waals surface area contributed by atoms with E-state index in [0.717, 1.165) is 37.1 Å². The summed E-state index contributed by atoms with van der Waals surface area (Å²) in [6.07, 6.45) is 4.75. The summed E-state index contributed by atoms with van der Waals surface area (Å²) in [5.41, 5.74) is 2.19. The van der Waals surface area contributed by atoms with E-state index in [2.05, 4.69) is 10.6 Å². The van der Waals surface area contributed by atoms with E-state index in [9.17, 15) is 8.78 Å². The Bertz CT molecular complexity index is 568. The number of halogens is 2. The van der Waals surface area contributed by atoms with Crippen LogP contribution in [0, 0.1) is 11.6 Å². The van der Waals surface area contributed by atoms with Crippen molar-refractivity contribution in [2.45, 2.75) is 50.9 Å².